The Kier molecular flexibility index (Phi) is 19.5. The number of hydrogen-bond donors (Lipinski definition) is 0. The first kappa shape index (κ1) is 39.7. The maximum atomic E-state index is 4.93. The zero-order chi connectivity index (χ0) is 34.4. The predicted molar refractivity (Wildman–Crippen MR) is 216 cm³/mol. The van der Waals surface area contributed by atoms with Gasteiger partial charge in [-0.2, -0.15) is 0 Å². The molecular weight excluding hydrogens is 719 g/mol. The fourth-order valence-electron chi connectivity index (χ4n) is 5.47. The second-order valence-electron chi connectivity index (χ2n) is 11.6. The summed E-state index contributed by atoms with van der Waals surface area (Å²) in [5.74, 6) is 0. The molecule has 0 atom stereocenters. The molecule has 0 aliphatic rings. The van der Waals surface area contributed by atoms with Crippen LogP contribution in [-0.2, 0) is 20.8 Å². The van der Waals surface area contributed by atoms with E-state index in [0.717, 1.165) is 9.52 Å². The monoisotopic (exact) mass is 764 g/mol. The molecule has 0 N–H and O–H groups in total. The Hall–Kier alpha value is -2.74. The Bertz CT molecular complexity index is 1650. The molecule has 0 fully saturated rings. The Morgan fingerprint density at radius 3 is 1.31 bits per heavy atom. The van der Waals surface area contributed by atoms with E-state index in [-0.39, 0.29) is 0 Å². The molecule has 0 bridgehead atoms. The van der Waals surface area contributed by atoms with Crippen LogP contribution in [0, 0.1) is 0 Å². The van der Waals surface area contributed by atoms with Gasteiger partial charge in [0.25, 0.3) is 0 Å². The second kappa shape index (κ2) is 23.6. The van der Waals surface area contributed by atoms with Gasteiger partial charge in [0, 0.05) is 9.52 Å². The van der Waals surface area contributed by atoms with Crippen LogP contribution in [0.2, 0.25) is 13.1 Å². The van der Waals surface area contributed by atoms with Crippen molar-refractivity contribution in [1.82, 2.24) is 0 Å². The van der Waals surface area contributed by atoms with E-state index in [4.69, 9.17) is 17.0 Å². The molecule has 0 amide bonds. The normalized spacial score (nSPS) is 10.6. The first-order valence-corrected chi connectivity index (χ1v) is 25.3. The van der Waals surface area contributed by atoms with E-state index in [1.165, 1.54) is 93.5 Å². The van der Waals surface area contributed by atoms with Crippen LogP contribution >= 0.6 is 17.0 Å². The number of hydrogen-bond acceptors (Lipinski definition) is 0. The molecule has 0 heterocycles. The molecule has 4 heteroatoms. The number of allylic oxidation sites excluding steroid dienone is 2. The van der Waals surface area contributed by atoms with Crippen molar-refractivity contribution < 1.29 is 20.8 Å². The van der Waals surface area contributed by atoms with Gasteiger partial charge in [0.15, 0.2) is 0 Å². The van der Waals surface area contributed by atoms with Gasteiger partial charge in [-0.1, -0.05) is 184 Å². The van der Waals surface area contributed by atoms with Crippen LogP contribution in [0.25, 0.3) is 56.0 Å². The zero-order valence-corrected chi connectivity index (χ0v) is 33.8. The summed E-state index contributed by atoms with van der Waals surface area (Å²) in [4.78, 5) is 0. The summed E-state index contributed by atoms with van der Waals surface area (Å²) in [5.41, 5.74) is 7.83. The van der Waals surface area contributed by atoms with Gasteiger partial charge in [0.1, 0.15) is 0 Å². The number of rotatable bonds is 10. The van der Waals surface area contributed by atoms with E-state index >= 15 is 0 Å². The number of unbranched alkanes of at least 4 members (excludes halogenated alkanes) is 4. The van der Waals surface area contributed by atoms with Gasteiger partial charge in [-0.15, -0.1) is 69.1 Å². The molecule has 0 spiro atoms. The van der Waals surface area contributed by atoms with Gasteiger partial charge < -0.3 is 0 Å². The van der Waals surface area contributed by atoms with E-state index < -0.39 is 20.8 Å². The minimum absolute atomic E-state index is 0.826. The topological polar surface area (TPSA) is 0 Å². The number of halogens is 2. The van der Waals surface area contributed by atoms with Crippen molar-refractivity contribution in [2.45, 2.75) is 65.5 Å². The molecule has 0 nitrogen and oxygen atoms in total. The van der Waals surface area contributed by atoms with Crippen molar-refractivity contribution in [2.24, 2.45) is 0 Å². The molecule has 0 aliphatic carbocycles. The fraction of sp³-hybridized carbons (Fsp3) is 0.227. The van der Waals surface area contributed by atoms with Crippen molar-refractivity contribution in [2.75, 3.05) is 0 Å². The number of benzene rings is 4. The molecule has 0 saturated carbocycles. The summed E-state index contributed by atoms with van der Waals surface area (Å²) in [6, 6.07) is 43.5. The zero-order valence-electron chi connectivity index (χ0n) is 28.9. The standard InChI is InChI=1S/2C21H21.C2H6Si.2ClH.Zr/c2*1-2-3-4-6-12-18-13-9-14-19-15-20(16-21(18)19)17-10-7-5-8-11-17;1-3-2;;;/h2*5-16H,2-4H2,1H3;1-2H3;2*1H;/q2*-1;;;;+4/p-2. The van der Waals surface area contributed by atoms with Crippen molar-refractivity contribution in [3.8, 4) is 22.3 Å². The number of fused-ring (bicyclic) bond motifs is 2. The van der Waals surface area contributed by atoms with Crippen molar-refractivity contribution in [3.63, 3.8) is 0 Å². The summed E-state index contributed by atoms with van der Waals surface area (Å²) < 4.78 is 0. The van der Waals surface area contributed by atoms with Crippen LogP contribution < -0.4 is 0 Å². The Morgan fingerprint density at radius 1 is 0.583 bits per heavy atom. The molecule has 6 aromatic rings. The first-order chi connectivity index (χ1) is 23.6. The van der Waals surface area contributed by atoms with Gasteiger partial charge in [-0.3, -0.25) is 0 Å². The Balaban J connectivity index is 0.000000224. The molecule has 246 valence electrons. The van der Waals surface area contributed by atoms with Gasteiger partial charge in [-0.05, 0) is 12.8 Å². The van der Waals surface area contributed by atoms with Crippen molar-refractivity contribution >= 4 is 60.2 Å². The van der Waals surface area contributed by atoms with Gasteiger partial charge >= 0.3 is 37.9 Å². The van der Waals surface area contributed by atoms with Crippen LogP contribution in [0.1, 0.15) is 63.5 Å². The van der Waals surface area contributed by atoms with E-state index in [1.54, 1.807) is 0 Å². The summed E-state index contributed by atoms with van der Waals surface area (Å²) in [6.45, 7) is 8.77. The summed E-state index contributed by atoms with van der Waals surface area (Å²) in [5, 5.41) is 5.35. The van der Waals surface area contributed by atoms with E-state index in [0.29, 0.717) is 0 Å². The van der Waals surface area contributed by atoms with Gasteiger partial charge in [-0.25, -0.2) is 0 Å². The van der Waals surface area contributed by atoms with E-state index in [9.17, 15) is 0 Å². The molecule has 0 aromatic heterocycles. The predicted octanol–water partition coefficient (Wildman–Crippen LogP) is 15.0. The quantitative estimate of drug-likeness (QED) is 0.0740. The van der Waals surface area contributed by atoms with Crippen LogP contribution in [0.5, 0.6) is 0 Å². The first-order valence-electron chi connectivity index (χ1n) is 17.0. The summed E-state index contributed by atoms with van der Waals surface area (Å²) in [7, 11) is 11.0. The summed E-state index contributed by atoms with van der Waals surface area (Å²) in [6.07, 6.45) is 16.5. The molecule has 0 unspecified atom stereocenters. The SMILES string of the molecule is CCCCC=Cc1cccc2[cH-]c(-c3ccccc3)cc12.CCCCC=Cc1cccc2[cH-]c(-c3ccccc3)cc12.C[Si]C.[Cl][Zr+2][Cl]. The third-order valence-electron chi connectivity index (χ3n) is 7.83. The molecule has 2 radical (unpaired) electrons. The molecule has 6 aromatic carbocycles. The maximum absolute atomic E-state index is 4.93. The third-order valence-corrected chi connectivity index (χ3v) is 7.83. The molecule has 0 saturated heterocycles. The van der Waals surface area contributed by atoms with E-state index in [1.807, 2.05) is 0 Å². The molecule has 0 aliphatic heterocycles. The van der Waals surface area contributed by atoms with Gasteiger partial charge in [0.2, 0.25) is 0 Å². The minimum atomic E-state index is -0.826. The Labute approximate surface area is 311 Å². The van der Waals surface area contributed by atoms with Crippen LogP contribution in [0.4, 0.5) is 0 Å². The van der Waals surface area contributed by atoms with Crippen LogP contribution in [-0.4, -0.2) is 9.52 Å². The average molecular weight is 767 g/mol. The Morgan fingerprint density at radius 2 is 0.958 bits per heavy atom. The fourth-order valence-corrected chi connectivity index (χ4v) is 5.47. The third kappa shape index (κ3) is 12.9. The van der Waals surface area contributed by atoms with E-state index in [2.05, 4.69) is 173 Å². The van der Waals surface area contributed by atoms with Crippen molar-refractivity contribution in [1.29, 1.82) is 0 Å². The summed E-state index contributed by atoms with van der Waals surface area (Å²) >= 11 is -0.826. The van der Waals surface area contributed by atoms with Gasteiger partial charge in [0.05, 0.1) is 0 Å². The molecule has 6 rings (SSSR count). The molecular formula is C44H48Cl2SiZr. The van der Waals surface area contributed by atoms with Crippen LogP contribution in [0.15, 0.2) is 133 Å². The second-order valence-corrected chi connectivity index (χ2v) is 16.3. The van der Waals surface area contributed by atoms with Crippen molar-refractivity contribution in [3.05, 3.63) is 145 Å². The van der Waals surface area contributed by atoms with Crippen LogP contribution in [0.3, 0.4) is 0 Å². The average Bonchev–Trinajstić information content (AvgIpc) is 3.77. The molecule has 48 heavy (non-hydrogen) atoms.